The quantitative estimate of drug-likeness (QED) is 0.520. The van der Waals surface area contributed by atoms with Gasteiger partial charge in [-0.3, -0.25) is 0 Å². The minimum atomic E-state index is -0.317. The van der Waals surface area contributed by atoms with Crippen molar-refractivity contribution in [2.75, 3.05) is 13.1 Å². The first kappa shape index (κ1) is 22.0. The van der Waals surface area contributed by atoms with Crippen molar-refractivity contribution in [3.8, 4) is 22.9 Å². The molecule has 172 valence electrons. The molecule has 6 heteroatoms. The lowest BCUT2D eigenvalue weighted by molar-refractivity contribution is -0.148. The van der Waals surface area contributed by atoms with Crippen LogP contribution in [-0.4, -0.2) is 30.4 Å². The molecule has 2 aliphatic heterocycles. The molecule has 0 radical (unpaired) electrons. The van der Waals surface area contributed by atoms with E-state index in [4.69, 9.17) is 19.5 Å². The second kappa shape index (κ2) is 9.98. The minimum absolute atomic E-state index is 0.221. The van der Waals surface area contributed by atoms with E-state index in [9.17, 15) is 4.79 Å². The highest BCUT2D eigenvalue weighted by molar-refractivity contribution is 5.68. The summed E-state index contributed by atoms with van der Waals surface area (Å²) in [4.78, 5) is 14.2. The molecule has 1 amide bonds. The van der Waals surface area contributed by atoms with Crippen molar-refractivity contribution in [2.45, 2.75) is 32.3 Å². The minimum Gasteiger partial charge on any atom is -0.464 e. The third-order valence-corrected chi connectivity index (χ3v) is 6.42. The van der Waals surface area contributed by atoms with Gasteiger partial charge < -0.3 is 19.1 Å². The summed E-state index contributed by atoms with van der Waals surface area (Å²) < 4.78 is 17.7. The van der Waals surface area contributed by atoms with Crippen LogP contribution in [0.4, 0.5) is 4.79 Å². The van der Waals surface area contributed by atoms with Crippen LogP contribution in [0.1, 0.15) is 29.5 Å². The summed E-state index contributed by atoms with van der Waals surface area (Å²) in [5.74, 6) is 1.06. The Balaban J connectivity index is 1.15. The average Bonchev–Trinajstić information content (AvgIpc) is 2.92. The summed E-state index contributed by atoms with van der Waals surface area (Å²) in [5, 5.41) is 9.16. The van der Waals surface area contributed by atoms with E-state index in [0.29, 0.717) is 25.3 Å². The molecule has 34 heavy (non-hydrogen) atoms. The highest BCUT2D eigenvalue weighted by Gasteiger charge is 2.33. The lowest BCUT2D eigenvalue weighted by Crippen LogP contribution is -2.44. The van der Waals surface area contributed by atoms with E-state index in [-0.39, 0.29) is 24.9 Å². The Labute approximate surface area is 199 Å². The summed E-state index contributed by atoms with van der Waals surface area (Å²) in [6.07, 6.45) is 1.02. The molecule has 0 bridgehead atoms. The third-order valence-electron chi connectivity index (χ3n) is 6.42. The van der Waals surface area contributed by atoms with Crippen molar-refractivity contribution >= 4 is 6.09 Å². The molecule has 5 rings (SSSR count). The van der Waals surface area contributed by atoms with E-state index in [1.165, 1.54) is 0 Å². The number of likely N-dealkylation sites (tertiary alicyclic amines) is 1. The van der Waals surface area contributed by atoms with Crippen molar-refractivity contribution in [1.29, 1.82) is 5.26 Å². The van der Waals surface area contributed by atoms with Gasteiger partial charge >= 0.3 is 6.09 Å². The van der Waals surface area contributed by atoms with Crippen molar-refractivity contribution in [2.24, 2.45) is 5.92 Å². The fourth-order valence-electron chi connectivity index (χ4n) is 4.48. The highest BCUT2D eigenvalue weighted by Crippen LogP contribution is 2.35. The second-order valence-corrected chi connectivity index (χ2v) is 8.68. The molecule has 0 N–H and O–H groups in total. The van der Waals surface area contributed by atoms with Gasteiger partial charge in [0, 0.05) is 24.6 Å². The SMILES string of the molecule is N#Cc1cccc(-c2ccc3c(c2)COC(C2CCN(C(=O)OCc4ccccc4)CC2)O3)c1. The predicted octanol–water partition coefficient (Wildman–Crippen LogP) is 5.51. The van der Waals surface area contributed by atoms with Gasteiger partial charge in [-0.1, -0.05) is 48.5 Å². The Morgan fingerprint density at radius 2 is 1.79 bits per heavy atom. The van der Waals surface area contributed by atoms with Crippen LogP contribution in [0.15, 0.2) is 72.8 Å². The van der Waals surface area contributed by atoms with Crippen molar-refractivity contribution < 1.29 is 19.0 Å². The monoisotopic (exact) mass is 454 g/mol. The van der Waals surface area contributed by atoms with E-state index in [2.05, 4.69) is 12.1 Å². The van der Waals surface area contributed by atoms with Crippen LogP contribution >= 0.6 is 0 Å². The number of carbonyl (C=O) groups excluding carboxylic acids is 1. The maximum absolute atomic E-state index is 12.4. The number of benzene rings is 3. The number of ether oxygens (including phenoxy) is 3. The van der Waals surface area contributed by atoms with E-state index in [1.54, 1.807) is 11.0 Å². The number of hydrogen-bond acceptors (Lipinski definition) is 5. The van der Waals surface area contributed by atoms with Gasteiger partial charge in [0.1, 0.15) is 12.4 Å². The molecule has 6 nitrogen and oxygen atoms in total. The molecule has 0 aromatic heterocycles. The van der Waals surface area contributed by atoms with Crippen LogP contribution in [-0.2, 0) is 22.7 Å². The topological polar surface area (TPSA) is 71.8 Å². The number of rotatable bonds is 4. The van der Waals surface area contributed by atoms with Crippen LogP contribution in [0.3, 0.4) is 0 Å². The third kappa shape index (κ3) is 4.90. The first-order valence-electron chi connectivity index (χ1n) is 11.6. The van der Waals surface area contributed by atoms with Gasteiger partial charge in [-0.15, -0.1) is 0 Å². The molecule has 0 spiro atoms. The summed E-state index contributed by atoms with van der Waals surface area (Å²) in [5.41, 5.74) is 4.64. The first-order valence-corrected chi connectivity index (χ1v) is 11.6. The largest absolute Gasteiger partial charge is 0.464 e. The smallest absolute Gasteiger partial charge is 0.410 e. The van der Waals surface area contributed by atoms with E-state index < -0.39 is 0 Å². The zero-order valence-electron chi connectivity index (χ0n) is 18.9. The summed E-state index contributed by atoms with van der Waals surface area (Å²) in [6.45, 7) is 2.02. The molecule has 1 saturated heterocycles. The van der Waals surface area contributed by atoms with Crippen LogP contribution < -0.4 is 4.74 Å². The van der Waals surface area contributed by atoms with Gasteiger partial charge in [0.25, 0.3) is 0 Å². The van der Waals surface area contributed by atoms with Gasteiger partial charge in [-0.25, -0.2) is 4.79 Å². The van der Waals surface area contributed by atoms with Crippen LogP contribution in [0.5, 0.6) is 5.75 Å². The number of nitriles is 1. The van der Waals surface area contributed by atoms with Crippen LogP contribution in [0.25, 0.3) is 11.1 Å². The highest BCUT2D eigenvalue weighted by atomic mass is 16.7. The summed E-state index contributed by atoms with van der Waals surface area (Å²) in [7, 11) is 0. The molecule has 0 saturated carbocycles. The normalized spacial score (nSPS) is 17.9. The van der Waals surface area contributed by atoms with E-state index in [1.807, 2.05) is 60.7 Å². The number of piperidine rings is 1. The fraction of sp³-hybridized carbons (Fsp3) is 0.286. The lowest BCUT2D eigenvalue weighted by atomic mass is 9.95. The number of fused-ring (bicyclic) bond motifs is 1. The predicted molar refractivity (Wildman–Crippen MR) is 127 cm³/mol. The first-order chi connectivity index (χ1) is 16.7. The second-order valence-electron chi connectivity index (χ2n) is 8.68. The van der Waals surface area contributed by atoms with Crippen molar-refractivity contribution in [3.05, 3.63) is 89.5 Å². The summed E-state index contributed by atoms with van der Waals surface area (Å²) in [6, 6.07) is 25.5. The summed E-state index contributed by atoms with van der Waals surface area (Å²) >= 11 is 0. The number of carbonyl (C=O) groups is 1. The van der Waals surface area contributed by atoms with Crippen molar-refractivity contribution in [3.63, 3.8) is 0 Å². The van der Waals surface area contributed by atoms with E-state index in [0.717, 1.165) is 40.8 Å². The Hall–Kier alpha value is -3.82. The van der Waals surface area contributed by atoms with E-state index >= 15 is 0 Å². The van der Waals surface area contributed by atoms with Gasteiger partial charge in [0.2, 0.25) is 6.29 Å². The van der Waals surface area contributed by atoms with Crippen LogP contribution in [0.2, 0.25) is 0 Å². The fourth-order valence-corrected chi connectivity index (χ4v) is 4.48. The number of hydrogen-bond donors (Lipinski definition) is 0. The molecule has 1 fully saturated rings. The Morgan fingerprint density at radius 3 is 2.59 bits per heavy atom. The maximum atomic E-state index is 12.4. The van der Waals surface area contributed by atoms with Gasteiger partial charge in [0.05, 0.1) is 18.2 Å². The Morgan fingerprint density at radius 1 is 1.00 bits per heavy atom. The Kier molecular flexibility index (Phi) is 6.46. The molecule has 1 unspecified atom stereocenters. The number of amides is 1. The maximum Gasteiger partial charge on any atom is 0.410 e. The molecule has 2 aliphatic rings. The van der Waals surface area contributed by atoms with Crippen LogP contribution in [0, 0.1) is 17.2 Å². The van der Waals surface area contributed by atoms with Crippen molar-refractivity contribution in [1.82, 2.24) is 4.90 Å². The molecular weight excluding hydrogens is 428 g/mol. The zero-order valence-corrected chi connectivity index (χ0v) is 18.9. The average molecular weight is 455 g/mol. The van der Waals surface area contributed by atoms with Gasteiger partial charge in [-0.05, 0) is 53.8 Å². The van der Waals surface area contributed by atoms with Gasteiger partial charge in [-0.2, -0.15) is 5.26 Å². The molecule has 3 aromatic carbocycles. The number of nitrogens with zero attached hydrogens (tertiary/aromatic N) is 2. The van der Waals surface area contributed by atoms with Gasteiger partial charge in [0.15, 0.2) is 0 Å². The Bertz CT molecular complexity index is 1200. The molecule has 0 aliphatic carbocycles. The molecule has 3 aromatic rings. The molecule has 2 heterocycles. The molecule has 1 atom stereocenters. The zero-order chi connectivity index (χ0) is 23.3. The lowest BCUT2D eigenvalue weighted by Gasteiger charge is -2.37. The standard InChI is InChI=1S/C28H26N2O4/c29-17-21-7-4-8-23(15-21)24-9-10-26-25(16-24)19-32-27(34-26)22-11-13-30(14-12-22)28(31)33-18-20-5-2-1-3-6-20/h1-10,15-16,22,27H,11-14,18-19H2. The molecular formula is C28H26N2O4.